The average molecular weight is 296 g/mol. The van der Waals surface area contributed by atoms with E-state index >= 15 is 0 Å². The molecule has 0 saturated carbocycles. The fraction of sp³-hybridized carbons (Fsp3) is 0.643. The lowest BCUT2D eigenvalue weighted by Crippen LogP contribution is -2.35. The lowest BCUT2D eigenvalue weighted by molar-refractivity contribution is -0.123. The third-order valence-electron chi connectivity index (χ3n) is 2.92. The SMILES string of the molecule is CNC(=O)C(C)n1cncc1[C@@H](C)NC(=O)OC(C)(C)C. The van der Waals surface area contributed by atoms with Gasteiger partial charge >= 0.3 is 6.09 Å². The Hall–Kier alpha value is -2.05. The highest BCUT2D eigenvalue weighted by molar-refractivity contribution is 5.79. The fourth-order valence-electron chi connectivity index (χ4n) is 1.87. The summed E-state index contributed by atoms with van der Waals surface area (Å²) in [6, 6.07) is -0.732. The average Bonchev–Trinajstić information content (AvgIpc) is 2.83. The monoisotopic (exact) mass is 296 g/mol. The van der Waals surface area contributed by atoms with Crippen LogP contribution in [-0.2, 0) is 9.53 Å². The minimum Gasteiger partial charge on any atom is -0.444 e. The smallest absolute Gasteiger partial charge is 0.408 e. The standard InChI is InChI=1S/C14H24N4O3/c1-9(17-13(20)21-14(3,4)5)11-7-16-8-18(11)10(2)12(19)15-6/h7-10H,1-6H3,(H,15,19)(H,17,20)/t9-,10?/m1/s1. The van der Waals surface area contributed by atoms with Gasteiger partial charge in [0.15, 0.2) is 0 Å². The molecular weight excluding hydrogens is 272 g/mol. The van der Waals surface area contributed by atoms with Gasteiger partial charge < -0.3 is 19.9 Å². The van der Waals surface area contributed by atoms with Crippen LogP contribution in [0.1, 0.15) is 52.4 Å². The van der Waals surface area contributed by atoms with E-state index in [-0.39, 0.29) is 11.9 Å². The number of hydrogen-bond donors (Lipinski definition) is 2. The first-order valence-electron chi connectivity index (χ1n) is 6.88. The van der Waals surface area contributed by atoms with Crippen molar-refractivity contribution in [2.75, 3.05) is 7.05 Å². The van der Waals surface area contributed by atoms with Gasteiger partial charge in [0, 0.05) is 7.05 Å². The molecule has 0 aromatic carbocycles. The van der Waals surface area contributed by atoms with Gasteiger partial charge in [0.25, 0.3) is 0 Å². The van der Waals surface area contributed by atoms with E-state index in [9.17, 15) is 9.59 Å². The Morgan fingerprint density at radius 3 is 2.48 bits per heavy atom. The molecule has 0 aliphatic carbocycles. The maximum atomic E-state index is 11.8. The van der Waals surface area contributed by atoms with E-state index in [1.807, 2.05) is 6.92 Å². The molecule has 0 radical (unpaired) electrons. The molecule has 0 aliphatic rings. The van der Waals surface area contributed by atoms with Crippen molar-refractivity contribution < 1.29 is 14.3 Å². The number of ether oxygens (including phenoxy) is 1. The topological polar surface area (TPSA) is 85.3 Å². The molecular formula is C14H24N4O3. The minimum atomic E-state index is -0.556. The molecule has 1 aromatic heterocycles. The fourth-order valence-corrected chi connectivity index (χ4v) is 1.87. The van der Waals surface area contributed by atoms with Crippen molar-refractivity contribution in [3.63, 3.8) is 0 Å². The number of carbonyl (C=O) groups excluding carboxylic acids is 2. The lowest BCUT2D eigenvalue weighted by Gasteiger charge is -2.23. The number of nitrogens with one attached hydrogen (secondary N) is 2. The van der Waals surface area contributed by atoms with E-state index in [1.54, 1.807) is 51.8 Å². The Balaban J connectivity index is 2.80. The van der Waals surface area contributed by atoms with Gasteiger partial charge in [0.1, 0.15) is 11.6 Å². The zero-order valence-corrected chi connectivity index (χ0v) is 13.4. The molecule has 0 spiro atoms. The highest BCUT2D eigenvalue weighted by Crippen LogP contribution is 2.18. The Morgan fingerprint density at radius 2 is 1.95 bits per heavy atom. The van der Waals surface area contributed by atoms with E-state index < -0.39 is 17.7 Å². The molecule has 21 heavy (non-hydrogen) atoms. The summed E-state index contributed by atoms with van der Waals surface area (Å²) in [5.74, 6) is -0.126. The van der Waals surface area contributed by atoms with Crippen molar-refractivity contribution in [3.05, 3.63) is 18.2 Å². The second kappa shape index (κ2) is 6.60. The Bertz CT molecular complexity index is 505. The number of hydrogen-bond acceptors (Lipinski definition) is 4. The van der Waals surface area contributed by atoms with Crippen molar-refractivity contribution in [2.45, 2.75) is 52.3 Å². The van der Waals surface area contributed by atoms with Crippen LogP contribution in [0.5, 0.6) is 0 Å². The van der Waals surface area contributed by atoms with Crippen LogP contribution >= 0.6 is 0 Å². The van der Waals surface area contributed by atoms with Gasteiger partial charge in [-0.25, -0.2) is 9.78 Å². The molecule has 1 rings (SSSR count). The predicted octanol–water partition coefficient (Wildman–Crippen LogP) is 1.78. The molecule has 7 nitrogen and oxygen atoms in total. The van der Waals surface area contributed by atoms with Crippen LogP contribution < -0.4 is 10.6 Å². The molecule has 1 unspecified atom stereocenters. The molecule has 1 heterocycles. The first kappa shape index (κ1) is 17.0. The van der Waals surface area contributed by atoms with Crippen LogP contribution in [0.3, 0.4) is 0 Å². The minimum absolute atomic E-state index is 0.126. The van der Waals surface area contributed by atoms with Crippen LogP contribution in [-0.4, -0.2) is 34.2 Å². The summed E-state index contributed by atoms with van der Waals surface area (Å²) in [5.41, 5.74) is 0.177. The van der Waals surface area contributed by atoms with E-state index in [0.29, 0.717) is 0 Å². The van der Waals surface area contributed by atoms with Gasteiger partial charge in [-0.1, -0.05) is 0 Å². The van der Waals surface area contributed by atoms with Gasteiger partial charge in [0.2, 0.25) is 5.91 Å². The number of aromatic nitrogens is 2. The number of nitrogens with zero attached hydrogens (tertiary/aromatic N) is 2. The number of carbonyl (C=O) groups is 2. The third-order valence-corrected chi connectivity index (χ3v) is 2.92. The summed E-state index contributed by atoms with van der Waals surface area (Å²) < 4.78 is 6.94. The largest absolute Gasteiger partial charge is 0.444 e. The number of rotatable bonds is 4. The van der Waals surface area contributed by atoms with E-state index in [2.05, 4.69) is 15.6 Å². The maximum Gasteiger partial charge on any atom is 0.408 e. The Morgan fingerprint density at radius 1 is 1.33 bits per heavy atom. The van der Waals surface area contributed by atoms with Crippen LogP contribution in [0.15, 0.2) is 12.5 Å². The molecule has 0 aliphatic heterocycles. The van der Waals surface area contributed by atoms with Gasteiger partial charge in [-0.3, -0.25) is 4.79 Å². The number of amides is 2. The van der Waals surface area contributed by atoms with Gasteiger partial charge in [0.05, 0.1) is 24.3 Å². The summed E-state index contributed by atoms with van der Waals surface area (Å²) in [6.45, 7) is 8.98. The Kier molecular flexibility index (Phi) is 5.34. The Labute approximate surface area is 125 Å². The van der Waals surface area contributed by atoms with E-state index in [1.165, 1.54) is 0 Å². The maximum absolute atomic E-state index is 11.8. The summed E-state index contributed by atoms with van der Waals surface area (Å²) >= 11 is 0. The molecule has 0 saturated heterocycles. The van der Waals surface area contributed by atoms with Crippen molar-refractivity contribution >= 4 is 12.0 Å². The van der Waals surface area contributed by atoms with Crippen molar-refractivity contribution in [3.8, 4) is 0 Å². The molecule has 7 heteroatoms. The summed E-state index contributed by atoms with van der Waals surface area (Å²) in [5, 5.41) is 5.33. The van der Waals surface area contributed by atoms with Gasteiger partial charge in [-0.05, 0) is 34.6 Å². The van der Waals surface area contributed by atoms with E-state index in [4.69, 9.17) is 4.74 Å². The van der Waals surface area contributed by atoms with E-state index in [0.717, 1.165) is 5.69 Å². The van der Waals surface area contributed by atoms with Crippen LogP contribution in [0.2, 0.25) is 0 Å². The molecule has 2 amide bonds. The molecule has 2 atom stereocenters. The molecule has 2 N–H and O–H groups in total. The number of imidazole rings is 1. The third kappa shape index (κ3) is 4.77. The first-order chi connectivity index (χ1) is 9.65. The molecule has 0 bridgehead atoms. The highest BCUT2D eigenvalue weighted by atomic mass is 16.6. The normalized spacial score (nSPS) is 14.2. The van der Waals surface area contributed by atoms with Crippen LogP contribution in [0.4, 0.5) is 4.79 Å². The van der Waals surface area contributed by atoms with Crippen molar-refractivity contribution in [1.82, 2.24) is 20.2 Å². The summed E-state index contributed by atoms with van der Waals surface area (Å²) in [4.78, 5) is 27.6. The number of likely N-dealkylation sites (N-methyl/N-ethyl adjacent to an activating group) is 1. The quantitative estimate of drug-likeness (QED) is 0.887. The highest BCUT2D eigenvalue weighted by Gasteiger charge is 2.22. The lowest BCUT2D eigenvalue weighted by atomic mass is 10.2. The van der Waals surface area contributed by atoms with Crippen molar-refractivity contribution in [2.24, 2.45) is 0 Å². The summed E-state index contributed by atoms with van der Waals surface area (Å²) in [7, 11) is 1.58. The number of alkyl carbamates (subject to hydrolysis) is 1. The molecule has 0 fully saturated rings. The molecule has 1 aromatic rings. The molecule has 118 valence electrons. The van der Waals surface area contributed by atoms with Crippen LogP contribution in [0, 0.1) is 0 Å². The predicted molar refractivity (Wildman–Crippen MR) is 78.8 cm³/mol. The van der Waals surface area contributed by atoms with Gasteiger partial charge in [-0.2, -0.15) is 0 Å². The van der Waals surface area contributed by atoms with Crippen molar-refractivity contribution in [1.29, 1.82) is 0 Å². The summed E-state index contributed by atoms with van der Waals surface area (Å²) in [6.07, 6.45) is 2.69. The second-order valence-corrected chi connectivity index (χ2v) is 5.88. The zero-order chi connectivity index (χ0) is 16.2. The first-order valence-corrected chi connectivity index (χ1v) is 6.88. The zero-order valence-electron chi connectivity index (χ0n) is 13.4. The van der Waals surface area contributed by atoms with Gasteiger partial charge in [-0.15, -0.1) is 0 Å². The van der Waals surface area contributed by atoms with Crippen LogP contribution in [0.25, 0.3) is 0 Å². The second-order valence-electron chi connectivity index (χ2n) is 5.88.